The second-order valence-electron chi connectivity index (χ2n) is 12.9. The summed E-state index contributed by atoms with van der Waals surface area (Å²) in [6.07, 6.45) is 7.42. The molecule has 3 atom stereocenters. The molecular formula is C30H39N3O3. The molecule has 4 aliphatic carbocycles. The van der Waals surface area contributed by atoms with Crippen molar-refractivity contribution in [2.75, 3.05) is 6.61 Å². The van der Waals surface area contributed by atoms with Crippen molar-refractivity contribution < 1.29 is 9.84 Å². The number of hydrogen-bond donors (Lipinski definition) is 2. The SMILES string of the molecule is Cn1c(=O)n(C)c2cc(C(O)COc3ccc(CNC45CC6CC(C)(CC(C)(C6)C4)C5)cc3)ccc21. The number of aliphatic hydroxyl groups excluding tert-OH is 1. The van der Waals surface area contributed by atoms with Crippen LogP contribution in [-0.2, 0) is 20.6 Å². The number of rotatable bonds is 7. The molecule has 7 rings (SSSR count). The van der Waals surface area contributed by atoms with E-state index in [0.717, 1.165) is 34.8 Å². The van der Waals surface area contributed by atoms with Gasteiger partial charge in [0.1, 0.15) is 18.5 Å². The van der Waals surface area contributed by atoms with E-state index in [9.17, 15) is 9.90 Å². The standard InChI is InChI=1S/C30H39N3O3/c1-28-12-21-13-29(2,17-28)19-30(14-21,18-28)31-15-20-5-8-23(9-6-20)36-16-26(34)22-7-10-24-25(11-22)33(4)27(35)32(24)3/h5-11,21,26,31,34H,12-19H2,1-4H3. The van der Waals surface area contributed by atoms with E-state index in [-0.39, 0.29) is 12.3 Å². The maximum absolute atomic E-state index is 12.2. The Kier molecular flexibility index (Phi) is 5.44. The molecule has 0 amide bonds. The van der Waals surface area contributed by atoms with Crippen molar-refractivity contribution in [2.24, 2.45) is 30.8 Å². The molecule has 0 aliphatic heterocycles. The molecule has 4 aliphatic rings. The van der Waals surface area contributed by atoms with Gasteiger partial charge in [0, 0.05) is 26.2 Å². The Morgan fingerprint density at radius 2 is 1.64 bits per heavy atom. The summed E-state index contributed by atoms with van der Waals surface area (Å²) in [5.74, 6) is 1.64. The van der Waals surface area contributed by atoms with Gasteiger partial charge in [-0.25, -0.2) is 4.79 Å². The quantitative estimate of drug-likeness (QED) is 0.499. The number of imidazole rings is 1. The summed E-state index contributed by atoms with van der Waals surface area (Å²) < 4.78 is 9.12. The zero-order valence-electron chi connectivity index (χ0n) is 22.0. The van der Waals surface area contributed by atoms with Crippen molar-refractivity contribution >= 4 is 11.0 Å². The topological polar surface area (TPSA) is 68.4 Å². The number of fused-ring (bicyclic) bond motifs is 1. The molecule has 0 radical (unpaired) electrons. The van der Waals surface area contributed by atoms with Crippen molar-refractivity contribution in [3.8, 4) is 5.75 Å². The van der Waals surface area contributed by atoms with Gasteiger partial charge in [-0.15, -0.1) is 0 Å². The number of aryl methyl sites for hydroxylation is 2. The minimum Gasteiger partial charge on any atom is -0.491 e. The average Bonchev–Trinajstić information content (AvgIpc) is 3.03. The summed E-state index contributed by atoms with van der Waals surface area (Å²) in [4.78, 5) is 12.2. The van der Waals surface area contributed by atoms with Gasteiger partial charge in [0.15, 0.2) is 0 Å². The minimum absolute atomic E-state index is 0.0749. The third-order valence-electron chi connectivity index (χ3n) is 9.31. The lowest BCUT2D eigenvalue weighted by Crippen LogP contribution is -2.63. The predicted molar refractivity (Wildman–Crippen MR) is 142 cm³/mol. The van der Waals surface area contributed by atoms with Crippen LogP contribution in [0.3, 0.4) is 0 Å². The molecule has 6 heteroatoms. The number of nitrogens with one attached hydrogen (secondary N) is 1. The van der Waals surface area contributed by atoms with Crippen LogP contribution in [0.1, 0.15) is 69.6 Å². The lowest BCUT2D eigenvalue weighted by molar-refractivity contribution is -0.118. The van der Waals surface area contributed by atoms with Crippen LogP contribution in [0.15, 0.2) is 47.3 Å². The van der Waals surface area contributed by atoms with Gasteiger partial charge in [0.2, 0.25) is 0 Å². The fraction of sp³-hybridized carbons (Fsp3) is 0.567. The molecule has 4 bridgehead atoms. The van der Waals surface area contributed by atoms with Gasteiger partial charge in [-0.1, -0.05) is 32.0 Å². The molecule has 4 fully saturated rings. The molecule has 3 unspecified atom stereocenters. The average molecular weight is 490 g/mol. The van der Waals surface area contributed by atoms with Crippen LogP contribution in [0.2, 0.25) is 0 Å². The van der Waals surface area contributed by atoms with E-state index in [2.05, 4.69) is 31.3 Å². The van der Waals surface area contributed by atoms with E-state index >= 15 is 0 Å². The second-order valence-corrected chi connectivity index (χ2v) is 12.9. The first-order valence-corrected chi connectivity index (χ1v) is 13.4. The van der Waals surface area contributed by atoms with E-state index in [0.29, 0.717) is 16.4 Å². The van der Waals surface area contributed by atoms with Gasteiger partial charge in [0.05, 0.1) is 11.0 Å². The van der Waals surface area contributed by atoms with Gasteiger partial charge >= 0.3 is 5.69 Å². The van der Waals surface area contributed by atoms with Crippen LogP contribution >= 0.6 is 0 Å². The summed E-state index contributed by atoms with van der Waals surface area (Å²) in [5.41, 5.74) is 4.91. The molecule has 0 spiro atoms. The number of hydrogen-bond acceptors (Lipinski definition) is 4. The smallest absolute Gasteiger partial charge is 0.328 e. The van der Waals surface area contributed by atoms with Crippen molar-refractivity contribution in [1.82, 2.24) is 14.5 Å². The Bertz CT molecular complexity index is 1340. The maximum Gasteiger partial charge on any atom is 0.328 e. The highest BCUT2D eigenvalue weighted by atomic mass is 16.5. The summed E-state index contributed by atoms with van der Waals surface area (Å²) in [7, 11) is 3.50. The van der Waals surface area contributed by atoms with E-state index < -0.39 is 6.10 Å². The number of benzene rings is 2. The number of aliphatic hydroxyl groups is 1. The molecule has 4 saturated carbocycles. The summed E-state index contributed by atoms with van der Waals surface area (Å²) in [6.45, 7) is 6.08. The molecule has 1 heterocycles. The van der Waals surface area contributed by atoms with Crippen LogP contribution in [0, 0.1) is 16.7 Å². The third-order valence-corrected chi connectivity index (χ3v) is 9.31. The lowest BCUT2D eigenvalue weighted by Gasteiger charge is -2.65. The number of aromatic nitrogens is 2. The Hall–Kier alpha value is -2.57. The summed E-state index contributed by atoms with van der Waals surface area (Å²) >= 11 is 0. The van der Waals surface area contributed by atoms with E-state index in [1.807, 2.05) is 30.3 Å². The summed E-state index contributed by atoms with van der Waals surface area (Å²) in [6, 6.07) is 13.9. The molecule has 3 aromatic rings. The number of nitrogens with zero attached hydrogens (tertiary/aromatic N) is 2. The molecule has 192 valence electrons. The van der Waals surface area contributed by atoms with Gasteiger partial charge in [-0.2, -0.15) is 0 Å². The molecule has 1 aromatic heterocycles. The highest BCUT2D eigenvalue weighted by molar-refractivity contribution is 5.77. The Morgan fingerprint density at radius 3 is 2.31 bits per heavy atom. The Labute approximate surface area is 213 Å². The van der Waals surface area contributed by atoms with Gasteiger partial charge < -0.3 is 15.2 Å². The van der Waals surface area contributed by atoms with E-state index in [1.165, 1.54) is 44.1 Å². The molecular weight excluding hydrogens is 450 g/mol. The first-order valence-electron chi connectivity index (χ1n) is 13.4. The first-order chi connectivity index (χ1) is 17.1. The van der Waals surface area contributed by atoms with Crippen LogP contribution in [-0.4, -0.2) is 26.4 Å². The van der Waals surface area contributed by atoms with Crippen molar-refractivity contribution in [3.63, 3.8) is 0 Å². The van der Waals surface area contributed by atoms with Crippen LogP contribution in [0.4, 0.5) is 0 Å². The van der Waals surface area contributed by atoms with Gasteiger partial charge in [-0.05, 0) is 90.7 Å². The fourth-order valence-electron chi connectivity index (χ4n) is 8.64. The monoisotopic (exact) mass is 489 g/mol. The van der Waals surface area contributed by atoms with Crippen molar-refractivity contribution in [2.45, 2.75) is 70.6 Å². The fourth-order valence-corrected chi connectivity index (χ4v) is 8.64. The van der Waals surface area contributed by atoms with Crippen LogP contribution in [0.25, 0.3) is 11.0 Å². The predicted octanol–water partition coefficient (Wildman–Crippen LogP) is 4.83. The van der Waals surface area contributed by atoms with Crippen molar-refractivity contribution in [3.05, 3.63) is 64.1 Å². The van der Waals surface area contributed by atoms with Crippen LogP contribution < -0.4 is 15.7 Å². The minimum atomic E-state index is -0.773. The van der Waals surface area contributed by atoms with Gasteiger partial charge in [-0.3, -0.25) is 9.13 Å². The highest BCUT2D eigenvalue weighted by Gasteiger charge is 2.59. The number of ether oxygens (including phenoxy) is 1. The first kappa shape index (κ1) is 23.8. The van der Waals surface area contributed by atoms with E-state index in [4.69, 9.17) is 4.74 Å². The summed E-state index contributed by atoms with van der Waals surface area (Å²) in [5, 5.41) is 14.7. The van der Waals surface area contributed by atoms with Gasteiger partial charge in [0.25, 0.3) is 0 Å². The molecule has 6 nitrogen and oxygen atoms in total. The van der Waals surface area contributed by atoms with Crippen molar-refractivity contribution in [1.29, 1.82) is 0 Å². The largest absolute Gasteiger partial charge is 0.491 e. The molecule has 2 N–H and O–H groups in total. The molecule has 0 saturated heterocycles. The van der Waals surface area contributed by atoms with Crippen LogP contribution in [0.5, 0.6) is 5.75 Å². The Balaban J connectivity index is 1.07. The highest BCUT2D eigenvalue weighted by Crippen LogP contribution is 2.66. The van der Waals surface area contributed by atoms with E-state index in [1.54, 1.807) is 23.2 Å². The zero-order chi connectivity index (χ0) is 25.3. The normalized spacial score (nSPS) is 31.8. The maximum atomic E-state index is 12.2. The lowest BCUT2D eigenvalue weighted by atomic mass is 9.43. The molecule has 36 heavy (non-hydrogen) atoms. The Morgan fingerprint density at radius 1 is 0.972 bits per heavy atom. The second kappa shape index (κ2) is 8.22. The molecule has 2 aromatic carbocycles. The third kappa shape index (κ3) is 4.08. The zero-order valence-corrected chi connectivity index (χ0v) is 22.0.